The van der Waals surface area contributed by atoms with Crippen molar-refractivity contribution >= 4 is 5.69 Å². The molecule has 0 N–H and O–H groups in total. The molecule has 3 heteroatoms. The highest BCUT2D eigenvalue weighted by molar-refractivity contribution is 5.45. The van der Waals surface area contributed by atoms with Crippen LogP contribution in [0.2, 0.25) is 0 Å². The summed E-state index contributed by atoms with van der Waals surface area (Å²) in [5.41, 5.74) is 2.58. The van der Waals surface area contributed by atoms with E-state index in [2.05, 4.69) is 53.2 Å². The molecule has 1 atom stereocenters. The third-order valence-corrected chi connectivity index (χ3v) is 3.81. The lowest BCUT2D eigenvalue weighted by Gasteiger charge is -2.18. The molecule has 0 aliphatic carbocycles. The minimum absolute atomic E-state index is 0.274. The summed E-state index contributed by atoms with van der Waals surface area (Å²) in [5.74, 6) is 0.976. The molecule has 20 heavy (non-hydrogen) atoms. The lowest BCUT2D eigenvalue weighted by Crippen LogP contribution is -2.24. The molecular weight excluding hydrogens is 248 g/mol. The second-order valence-electron chi connectivity index (χ2n) is 5.18. The standard InChI is InChI=1S/C17H20N2O/c1-2-14-3-5-16(6-4-14)20-17-9-12-19(13-17)15-7-10-18-11-8-15/h3-8,10-11,17H,2,9,12-13H2,1H3. The summed E-state index contributed by atoms with van der Waals surface area (Å²) in [6, 6.07) is 12.6. The zero-order valence-corrected chi connectivity index (χ0v) is 11.8. The van der Waals surface area contributed by atoms with E-state index in [-0.39, 0.29) is 6.10 Å². The number of nitrogens with zero attached hydrogens (tertiary/aromatic N) is 2. The van der Waals surface area contributed by atoms with Crippen LogP contribution in [0.4, 0.5) is 5.69 Å². The first-order chi connectivity index (χ1) is 9.85. The Morgan fingerprint density at radius 1 is 1.15 bits per heavy atom. The first kappa shape index (κ1) is 13.0. The van der Waals surface area contributed by atoms with Crippen molar-refractivity contribution in [1.29, 1.82) is 0 Å². The number of hydrogen-bond donors (Lipinski definition) is 0. The van der Waals surface area contributed by atoms with Gasteiger partial charge in [0, 0.05) is 31.0 Å². The van der Waals surface area contributed by atoms with Gasteiger partial charge in [0.2, 0.25) is 0 Å². The first-order valence-electron chi connectivity index (χ1n) is 7.25. The molecule has 104 valence electrons. The van der Waals surface area contributed by atoms with Gasteiger partial charge in [-0.1, -0.05) is 19.1 Å². The second kappa shape index (κ2) is 5.95. The third kappa shape index (κ3) is 2.93. The van der Waals surface area contributed by atoms with Crippen molar-refractivity contribution in [2.45, 2.75) is 25.9 Å². The molecule has 1 saturated heterocycles. The molecule has 0 spiro atoms. The number of pyridine rings is 1. The van der Waals surface area contributed by atoms with E-state index in [0.29, 0.717) is 0 Å². The normalized spacial score (nSPS) is 18.2. The van der Waals surface area contributed by atoms with Gasteiger partial charge in [0.25, 0.3) is 0 Å². The van der Waals surface area contributed by atoms with E-state index in [0.717, 1.165) is 31.7 Å². The molecule has 2 heterocycles. The molecule has 0 bridgehead atoms. The van der Waals surface area contributed by atoms with Gasteiger partial charge in [0.15, 0.2) is 0 Å². The number of aryl methyl sites for hydroxylation is 1. The summed E-state index contributed by atoms with van der Waals surface area (Å²) in [6.07, 6.45) is 6.09. The summed E-state index contributed by atoms with van der Waals surface area (Å²) in [6.45, 7) is 4.15. The van der Waals surface area contributed by atoms with Crippen LogP contribution >= 0.6 is 0 Å². The highest BCUT2D eigenvalue weighted by atomic mass is 16.5. The summed E-state index contributed by atoms with van der Waals surface area (Å²) in [5, 5.41) is 0. The van der Waals surface area contributed by atoms with Gasteiger partial charge in [-0.25, -0.2) is 0 Å². The average Bonchev–Trinajstić information content (AvgIpc) is 2.97. The lowest BCUT2D eigenvalue weighted by atomic mass is 10.2. The molecule has 3 rings (SSSR count). The van der Waals surface area contributed by atoms with Gasteiger partial charge in [-0.15, -0.1) is 0 Å². The Morgan fingerprint density at radius 3 is 2.60 bits per heavy atom. The predicted molar refractivity (Wildman–Crippen MR) is 81.3 cm³/mol. The van der Waals surface area contributed by atoms with Crippen molar-refractivity contribution in [2.75, 3.05) is 18.0 Å². The monoisotopic (exact) mass is 268 g/mol. The maximum Gasteiger partial charge on any atom is 0.119 e. The maximum atomic E-state index is 6.07. The van der Waals surface area contributed by atoms with Crippen LogP contribution < -0.4 is 9.64 Å². The fraction of sp³-hybridized carbons (Fsp3) is 0.353. The SMILES string of the molecule is CCc1ccc(OC2CCN(c3ccncc3)C2)cc1. The van der Waals surface area contributed by atoms with Gasteiger partial charge in [0.1, 0.15) is 11.9 Å². The average molecular weight is 268 g/mol. The fourth-order valence-corrected chi connectivity index (χ4v) is 2.61. The molecule has 1 aromatic heterocycles. The Bertz CT molecular complexity index is 539. The van der Waals surface area contributed by atoms with E-state index in [4.69, 9.17) is 4.74 Å². The van der Waals surface area contributed by atoms with E-state index >= 15 is 0 Å². The number of rotatable bonds is 4. The third-order valence-electron chi connectivity index (χ3n) is 3.81. The number of benzene rings is 1. The number of hydrogen-bond acceptors (Lipinski definition) is 3. The quantitative estimate of drug-likeness (QED) is 0.850. The van der Waals surface area contributed by atoms with Crippen molar-refractivity contribution in [1.82, 2.24) is 4.98 Å². The summed E-state index contributed by atoms with van der Waals surface area (Å²) >= 11 is 0. The zero-order valence-electron chi connectivity index (χ0n) is 11.8. The van der Waals surface area contributed by atoms with Gasteiger partial charge in [0.05, 0.1) is 6.54 Å². The van der Waals surface area contributed by atoms with Gasteiger partial charge in [-0.05, 0) is 36.2 Å². The Kier molecular flexibility index (Phi) is 3.86. The maximum absolute atomic E-state index is 6.07. The molecule has 1 aromatic carbocycles. The van der Waals surface area contributed by atoms with Crippen LogP contribution in [0.25, 0.3) is 0 Å². The molecule has 1 fully saturated rings. The van der Waals surface area contributed by atoms with Crippen molar-refractivity contribution in [3.63, 3.8) is 0 Å². The lowest BCUT2D eigenvalue weighted by molar-refractivity contribution is 0.225. The molecule has 1 aliphatic rings. The van der Waals surface area contributed by atoms with E-state index in [1.165, 1.54) is 11.3 Å². The van der Waals surface area contributed by atoms with Gasteiger partial charge in [-0.3, -0.25) is 4.98 Å². The minimum Gasteiger partial charge on any atom is -0.489 e. The number of aromatic nitrogens is 1. The van der Waals surface area contributed by atoms with Crippen LogP contribution in [0.1, 0.15) is 18.9 Å². The highest BCUT2D eigenvalue weighted by Crippen LogP contribution is 2.23. The topological polar surface area (TPSA) is 25.4 Å². The van der Waals surface area contributed by atoms with Crippen LogP contribution in [0, 0.1) is 0 Å². The van der Waals surface area contributed by atoms with E-state index in [1.807, 2.05) is 12.4 Å². The van der Waals surface area contributed by atoms with Crippen molar-refractivity contribution < 1.29 is 4.74 Å². The molecule has 3 nitrogen and oxygen atoms in total. The van der Waals surface area contributed by atoms with Gasteiger partial charge >= 0.3 is 0 Å². The first-order valence-corrected chi connectivity index (χ1v) is 7.25. The summed E-state index contributed by atoms with van der Waals surface area (Å²) in [4.78, 5) is 6.42. The fourth-order valence-electron chi connectivity index (χ4n) is 2.61. The molecule has 1 unspecified atom stereocenters. The second-order valence-corrected chi connectivity index (χ2v) is 5.18. The number of anilines is 1. The van der Waals surface area contributed by atoms with Crippen molar-refractivity contribution in [3.05, 3.63) is 54.4 Å². The molecule has 0 amide bonds. The van der Waals surface area contributed by atoms with Crippen LogP contribution in [0.3, 0.4) is 0 Å². The summed E-state index contributed by atoms with van der Waals surface area (Å²) in [7, 11) is 0. The Labute approximate surface area is 120 Å². The Balaban J connectivity index is 1.60. The van der Waals surface area contributed by atoms with Crippen molar-refractivity contribution in [2.24, 2.45) is 0 Å². The summed E-state index contributed by atoms with van der Waals surface area (Å²) < 4.78 is 6.07. The molecule has 0 radical (unpaired) electrons. The number of ether oxygens (including phenoxy) is 1. The van der Waals surface area contributed by atoms with Gasteiger partial charge in [-0.2, -0.15) is 0 Å². The van der Waals surface area contributed by atoms with Crippen LogP contribution in [0.5, 0.6) is 5.75 Å². The van der Waals surface area contributed by atoms with Crippen molar-refractivity contribution in [3.8, 4) is 5.75 Å². The zero-order chi connectivity index (χ0) is 13.8. The molecule has 2 aromatic rings. The highest BCUT2D eigenvalue weighted by Gasteiger charge is 2.24. The Morgan fingerprint density at radius 2 is 1.90 bits per heavy atom. The van der Waals surface area contributed by atoms with Crippen LogP contribution in [-0.2, 0) is 6.42 Å². The van der Waals surface area contributed by atoms with E-state index in [1.54, 1.807) is 0 Å². The molecule has 1 aliphatic heterocycles. The van der Waals surface area contributed by atoms with Crippen LogP contribution in [0.15, 0.2) is 48.8 Å². The Hall–Kier alpha value is -2.03. The largest absolute Gasteiger partial charge is 0.489 e. The smallest absolute Gasteiger partial charge is 0.119 e. The van der Waals surface area contributed by atoms with E-state index < -0.39 is 0 Å². The molecule has 0 saturated carbocycles. The van der Waals surface area contributed by atoms with E-state index in [9.17, 15) is 0 Å². The van der Waals surface area contributed by atoms with Crippen LogP contribution in [-0.4, -0.2) is 24.2 Å². The minimum atomic E-state index is 0.274. The molecular formula is C17H20N2O. The van der Waals surface area contributed by atoms with Gasteiger partial charge < -0.3 is 9.64 Å². The predicted octanol–water partition coefficient (Wildman–Crippen LogP) is 3.30.